The van der Waals surface area contributed by atoms with Crippen LogP contribution < -0.4 is 15.5 Å². The van der Waals surface area contributed by atoms with Crippen molar-refractivity contribution in [3.63, 3.8) is 0 Å². The van der Waals surface area contributed by atoms with Gasteiger partial charge in [-0.25, -0.2) is 4.98 Å². The lowest BCUT2D eigenvalue weighted by Crippen LogP contribution is -2.54. The number of aromatic nitrogens is 1. The molecule has 2 saturated heterocycles. The van der Waals surface area contributed by atoms with Crippen molar-refractivity contribution >= 4 is 47.2 Å². The van der Waals surface area contributed by atoms with E-state index in [2.05, 4.69) is 20.9 Å². The van der Waals surface area contributed by atoms with Crippen molar-refractivity contribution in [2.75, 3.05) is 44.7 Å². The van der Waals surface area contributed by atoms with Crippen LogP contribution in [-0.4, -0.2) is 56.3 Å². The van der Waals surface area contributed by atoms with E-state index in [0.717, 1.165) is 56.3 Å². The quantitative estimate of drug-likeness (QED) is 0.750. The van der Waals surface area contributed by atoms with Gasteiger partial charge >= 0.3 is 0 Å². The van der Waals surface area contributed by atoms with Gasteiger partial charge in [-0.3, -0.25) is 4.79 Å². The Morgan fingerprint density at radius 2 is 2.04 bits per heavy atom. The predicted molar refractivity (Wildman–Crippen MR) is 107 cm³/mol. The third-order valence-electron chi connectivity index (χ3n) is 4.80. The van der Waals surface area contributed by atoms with Gasteiger partial charge in [0.25, 0.3) is 5.91 Å². The van der Waals surface area contributed by atoms with Crippen molar-refractivity contribution < 1.29 is 9.53 Å². The Hall–Kier alpha value is -0.600. The van der Waals surface area contributed by atoms with Crippen LogP contribution in [0.15, 0.2) is 5.38 Å². The van der Waals surface area contributed by atoms with Crippen LogP contribution in [0, 0.1) is 0 Å². The highest BCUT2D eigenvalue weighted by Gasteiger charge is 2.39. The SMILES string of the molecule is COC1(C(=O)NCCc2csc(N3CCCC3)n2)CCNCC1.Cl.Cl. The van der Waals surface area contributed by atoms with Gasteiger partial charge in [0.05, 0.1) is 5.69 Å². The molecule has 3 rings (SSSR count). The maximum atomic E-state index is 12.5. The summed E-state index contributed by atoms with van der Waals surface area (Å²) >= 11 is 1.71. The van der Waals surface area contributed by atoms with Gasteiger partial charge in [0.15, 0.2) is 5.13 Å². The number of halogens is 2. The second-order valence-electron chi connectivity index (χ2n) is 6.27. The van der Waals surface area contributed by atoms with Crippen LogP contribution in [0.3, 0.4) is 0 Å². The molecule has 0 aromatic carbocycles. The van der Waals surface area contributed by atoms with Crippen molar-refractivity contribution in [2.24, 2.45) is 0 Å². The Morgan fingerprint density at radius 1 is 1.36 bits per heavy atom. The molecule has 1 aromatic heterocycles. The number of hydrogen-bond acceptors (Lipinski definition) is 6. The van der Waals surface area contributed by atoms with Gasteiger partial charge in [0.1, 0.15) is 5.60 Å². The van der Waals surface area contributed by atoms with Crippen LogP contribution in [0.5, 0.6) is 0 Å². The third-order valence-corrected chi connectivity index (χ3v) is 5.75. The van der Waals surface area contributed by atoms with Crippen LogP contribution >= 0.6 is 36.2 Å². The van der Waals surface area contributed by atoms with Crippen molar-refractivity contribution in [3.8, 4) is 0 Å². The number of thiazole rings is 1. The number of hydrogen-bond donors (Lipinski definition) is 2. The maximum absolute atomic E-state index is 12.5. The average molecular weight is 411 g/mol. The van der Waals surface area contributed by atoms with E-state index in [1.54, 1.807) is 18.4 Å². The largest absolute Gasteiger partial charge is 0.368 e. The van der Waals surface area contributed by atoms with Crippen molar-refractivity contribution in [1.82, 2.24) is 15.6 Å². The lowest BCUT2D eigenvalue weighted by molar-refractivity contribution is -0.146. The summed E-state index contributed by atoms with van der Waals surface area (Å²) in [6, 6.07) is 0. The molecule has 0 spiro atoms. The van der Waals surface area contributed by atoms with Crippen LogP contribution in [0.4, 0.5) is 5.13 Å². The van der Waals surface area contributed by atoms with Gasteiger partial charge in [-0.2, -0.15) is 0 Å². The molecular weight excluding hydrogens is 383 g/mol. The summed E-state index contributed by atoms with van der Waals surface area (Å²) in [5.41, 5.74) is 0.405. The normalized spacial score (nSPS) is 19.0. The molecule has 0 atom stereocenters. The molecule has 0 unspecified atom stereocenters. The van der Waals surface area contributed by atoms with E-state index in [0.29, 0.717) is 6.54 Å². The molecule has 1 aromatic rings. The average Bonchev–Trinajstić information content (AvgIpc) is 3.26. The van der Waals surface area contributed by atoms with Crippen molar-refractivity contribution in [1.29, 1.82) is 0 Å². The van der Waals surface area contributed by atoms with Crippen LogP contribution in [0.1, 0.15) is 31.4 Å². The minimum atomic E-state index is -0.659. The zero-order valence-electron chi connectivity index (χ0n) is 14.6. The fourth-order valence-electron chi connectivity index (χ4n) is 3.28. The molecule has 25 heavy (non-hydrogen) atoms. The Balaban J connectivity index is 0.00000156. The Bertz CT molecular complexity index is 532. The first-order valence-corrected chi connectivity index (χ1v) is 9.35. The minimum absolute atomic E-state index is 0. The van der Waals surface area contributed by atoms with E-state index in [1.807, 2.05) is 0 Å². The molecule has 6 nitrogen and oxygen atoms in total. The molecule has 9 heteroatoms. The number of rotatable bonds is 6. The molecule has 144 valence electrons. The molecule has 2 aliphatic heterocycles. The van der Waals surface area contributed by atoms with Gasteiger partial charge < -0.3 is 20.3 Å². The van der Waals surface area contributed by atoms with Crippen LogP contribution in [-0.2, 0) is 16.0 Å². The monoisotopic (exact) mass is 410 g/mol. The molecule has 0 saturated carbocycles. The zero-order valence-corrected chi connectivity index (χ0v) is 17.0. The summed E-state index contributed by atoms with van der Waals surface area (Å²) in [4.78, 5) is 19.5. The first-order valence-electron chi connectivity index (χ1n) is 8.47. The smallest absolute Gasteiger partial charge is 0.252 e. The number of piperidine rings is 1. The Kier molecular flexibility index (Phi) is 9.45. The van der Waals surface area contributed by atoms with Crippen molar-refractivity contribution in [2.45, 2.75) is 37.7 Å². The number of nitrogens with zero attached hydrogens (tertiary/aromatic N) is 2. The standard InChI is InChI=1S/C16H26N4O2S.2ClH/c1-22-16(5-8-17-9-6-16)14(21)18-7-4-13-12-23-15(19-13)20-10-2-3-11-20;;/h12,17H,2-11H2,1H3,(H,18,21);2*1H. The number of anilines is 1. The summed E-state index contributed by atoms with van der Waals surface area (Å²) in [6.07, 6.45) is 4.75. The molecule has 3 heterocycles. The third kappa shape index (κ3) is 5.44. The molecule has 0 radical (unpaired) electrons. The lowest BCUT2D eigenvalue weighted by Gasteiger charge is -2.34. The van der Waals surface area contributed by atoms with Gasteiger partial charge in [-0.05, 0) is 38.8 Å². The first-order chi connectivity index (χ1) is 11.2. The number of methoxy groups -OCH3 is 1. The zero-order chi connectivity index (χ0) is 16.1. The van der Waals surface area contributed by atoms with E-state index < -0.39 is 5.60 Å². The van der Waals surface area contributed by atoms with E-state index in [4.69, 9.17) is 9.72 Å². The van der Waals surface area contributed by atoms with Crippen molar-refractivity contribution in [3.05, 3.63) is 11.1 Å². The minimum Gasteiger partial charge on any atom is -0.368 e. The molecule has 2 N–H and O–H groups in total. The summed E-state index contributed by atoms with van der Waals surface area (Å²) in [6.45, 7) is 4.50. The maximum Gasteiger partial charge on any atom is 0.252 e. The number of amides is 1. The van der Waals surface area contributed by atoms with Gasteiger partial charge in [0.2, 0.25) is 0 Å². The number of ether oxygens (including phenoxy) is 1. The second kappa shape index (κ2) is 10.5. The van der Waals surface area contributed by atoms with E-state index in [-0.39, 0.29) is 30.7 Å². The van der Waals surface area contributed by atoms with Gasteiger partial charge in [-0.1, -0.05) is 0 Å². The highest BCUT2D eigenvalue weighted by molar-refractivity contribution is 7.13. The Morgan fingerprint density at radius 3 is 2.68 bits per heavy atom. The predicted octanol–water partition coefficient (Wildman–Crippen LogP) is 2.01. The Labute approximate surface area is 165 Å². The molecule has 2 fully saturated rings. The topological polar surface area (TPSA) is 66.5 Å². The summed E-state index contributed by atoms with van der Waals surface area (Å²) in [5, 5.41) is 9.53. The molecule has 0 aliphatic carbocycles. The van der Waals surface area contributed by atoms with Gasteiger partial charge in [-0.15, -0.1) is 36.2 Å². The molecule has 1 amide bonds. The summed E-state index contributed by atoms with van der Waals surface area (Å²) in [5.74, 6) is 0.0106. The number of carbonyl (C=O) groups is 1. The summed E-state index contributed by atoms with van der Waals surface area (Å²) in [7, 11) is 1.63. The fraction of sp³-hybridized carbons (Fsp3) is 0.750. The number of carbonyl (C=O) groups excluding carboxylic acids is 1. The fourth-order valence-corrected chi connectivity index (χ4v) is 4.20. The van der Waals surface area contributed by atoms with Gasteiger partial charge in [0, 0.05) is 38.5 Å². The molecular formula is C16H28Cl2N4O2S. The second-order valence-corrected chi connectivity index (χ2v) is 7.11. The van der Waals surface area contributed by atoms with E-state index in [9.17, 15) is 4.79 Å². The molecule has 0 bridgehead atoms. The van der Waals surface area contributed by atoms with E-state index >= 15 is 0 Å². The highest BCUT2D eigenvalue weighted by atomic mass is 35.5. The number of nitrogens with one attached hydrogen (secondary N) is 2. The van der Waals surface area contributed by atoms with Crippen LogP contribution in [0.25, 0.3) is 0 Å². The summed E-state index contributed by atoms with van der Waals surface area (Å²) < 4.78 is 5.54. The lowest BCUT2D eigenvalue weighted by atomic mass is 9.91. The van der Waals surface area contributed by atoms with Crippen LogP contribution in [0.2, 0.25) is 0 Å². The first kappa shape index (κ1) is 22.4. The highest BCUT2D eigenvalue weighted by Crippen LogP contribution is 2.25. The molecule has 2 aliphatic rings. The van der Waals surface area contributed by atoms with E-state index in [1.165, 1.54) is 12.8 Å².